The van der Waals surface area contributed by atoms with Gasteiger partial charge >= 0.3 is 0 Å². The zero-order valence-corrected chi connectivity index (χ0v) is 14.7. The van der Waals surface area contributed by atoms with Crippen LogP contribution in [0.5, 0.6) is 0 Å². The molecule has 6 heteroatoms. The molecule has 0 unspecified atom stereocenters. The number of H-pyrrole nitrogens is 1. The highest BCUT2D eigenvalue weighted by Gasteiger charge is 2.04. The van der Waals surface area contributed by atoms with E-state index >= 15 is 0 Å². The molecule has 1 aromatic heterocycles. The van der Waals surface area contributed by atoms with Crippen molar-refractivity contribution in [2.24, 2.45) is 4.99 Å². The van der Waals surface area contributed by atoms with Gasteiger partial charge < -0.3 is 15.6 Å². The summed E-state index contributed by atoms with van der Waals surface area (Å²) in [5.74, 6) is 1.32. The summed E-state index contributed by atoms with van der Waals surface area (Å²) >= 11 is 0. The van der Waals surface area contributed by atoms with E-state index in [1.54, 1.807) is 19.2 Å². The highest BCUT2D eigenvalue weighted by molar-refractivity contribution is 5.79. The van der Waals surface area contributed by atoms with Crippen LogP contribution in [-0.2, 0) is 13.0 Å². The fourth-order valence-electron chi connectivity index (χ4n) is 2.58. The van der Waals surface area contributed by atoms with Crippen molar-refractivity contribution in [1.29, 1.82) is 0 Å². The van der Waals surface area contributed by atoms with E-state index in [0.29, 0.717) is 19.0 Å². The van der Waals surface area contributed by atoms with Crippen molar-refractivity contribution in [3.8, 4) is 11.3 Å². The lowest BCUT2D eigenvalue weighted by Gasteiger charge is -2.11. The van der Waals surface area contributed by atoms with Gasteiger partial charge in [0.15, 0.2) is 5.96 Å². The summed E-state index contributed by atoms with van der Waals surface area (Å²) in [6.45, 7) is 1.25. The molecule has 3 N–H and O–H groups in total. The predicted octanol–water partition coefficient (Wildman–Crippen LogP) is 3.12. The highest BCUT2D eigenvalue weighted by Crippen LogP contribution is 2.15. The van der Waals surface area contributed by atoms with E-state index in [4.69, 9.17) is 0 Å². The zero-order valence-electron chi connectivity index (χ0n) is 14.7. The molecule has 26 heavy (non-hydrogen) atoms. The Morgan fingerprint density at radius 3 is 2.58 bits per heavy atom. The Morgan fingerprint density at radius 1 is 1.08 bits per heavy atom. The Balaban J connectivity index is 1.47. The summed E-state index contributed by atoms with van der Waals surface area (Å²) in [4.78, 5) is 11.9. The maximum atomic E-state index is 12.9. The van der Waals surface area contributed by atoms with Gasteiger partial charge in [0.2, 0.25) is 0 Å². The topological polar surface area (TPSA) is 65.1 Å². The summed E-state index contributed by atoms with van der Waals surface area (Å²) in [5, 5.41) is 6.48. The van der Waals surface area contributed by atoms with Crippen molar-refractivity contribution in [3.63, 3.8) is 0 Å². The van der Waals surface area contributed by atoms with Crippen LogP contribution in [0.15, 0.2) is 65.8 Å². The molecule has 0 fully saturated rings. The molecule has 0 aliphatic carbocycles. The van der Waals surface area contributed by atoms with Crippen LogP contribution in [0.2, 0.25) is 0 Å². The number of halogens is 1. The van der Waals surface area contributed by atoms with Crippen LogP contribution in [-0.4, -0.2) is 29.5 Å². The van der Waals surface area contributed by atoms with Crippen LogP contribution in [0.4, 0.5) is 4.39 Å². The molecule has 0 saturated heterocycles. The second kappa shape index (κ2) is 8.80. The largest absolute Gasteiger partial charge is 0.356 e. The monoisotopic (exact) mass is 351 g/mol. The maximum Gasteiger partial charge on any atom is 0.191 e. The Morgan fingerprint density at radius 2 is 1.85 bits per heavy atom. The lowest BCUT2D eigenvalue weighted by molar-refractivity contribution is 0.626. The van der Waals surface area contributed by atoms with Gasteiger partial charge in [-0.1, -0.05) is 42.5 Å². The summed E-state index contributed by atoms with van der Waals surface area (Å²) in [6.07, 6.45) is 2.62. The van der Waals surface area contributed by atoms with E-state index in [1.165, 1.54) is 12.1 Å². The fraction of sp³-hybridized carbons (Fsp3) is 0.200. The standard InChI is InChI=1S/C20H22FN5/c1-22-20(23-12-11-15-7-9-17(21)10-8-15)25-14-19-24-13-18(26-19)16-5-3-2-4-6-16/h2-10,13H,11-12,14H2,1H3,(H,24,26)(H2,22,23,25). The molecule has 0 bridgehead atoms. The molecule has 3 rings (SSSR count). The fourth-order valence-corrected chi connectivity index (χ4v) is 2.58. The van der Waals surface area contributed by atoms with Crippen LogP contribution in [0.25, 0.3) is 11.3 Å². The molecule has 0 spiro atoms. The average molecular weight is 351 g/mol. The van der Waals surface area contributed by atoms with Gasteiger partial charge in [0.1, 0.15) is 11.6 Å². The number of hydrogen-bond donors (Lipinski definition) is 3. The van der Waals surface area contributed by atoms with Crippen LogP contribution >= 0.6 is 0 Å². The molecule has 134 valence electrons. The van der Waals surface area contributed by atoms with Crippen molar-refractivity contribution in [1.82, 2.24) is 20.6 Å². The third-order valence-electron chi connectivity index (χ3n) is 3.98. The maximum absolute atomic E-state index is 12.9. The molecule has 2 aromatic carbocycles. The molecule has 1 heterocycles. The van der Waals surface area contributed by atoms with Gasteiger partial charge in [0, 0.05) is 13.6 Å². The molecule has 0 atom stereocenters. The molecule has 5 nitrogen and oxygen atoms in total. The Hall–Kier alpha value is -3.15. The Kier molecular flexibility index (Phi) is 5.98. The van der Waals surface area contributed by atoms with E-state index in [0.717, 1.165) is 29.1 Å². The van der Waals surface area contributed by atoms with Gasteiger partial charge in [-0.25, -0.2) is 9.37 Å². The van der Waals surface area contributed by atoms with E-state index < -0.39 is 0 Å². The molecule has 0 amide bonds. The lowest BCUT2D eigenvalue weighted by Crippen LogP contribution is -2.38. The van der Waals surface area contributed by atoms with E-state index in [1.807, 2.05) is 36.5 Å². The summed E-state index contributed by atoms with van der Waals surface area (Å²) in [5.41, 5.74) is 3.17. The number of benzene rings is 2. The number of aromatic amines is 1. The molecule has 0 aliphatic rings. The van der Waals surface area contributed by atoms with Crippen LogP contribution in [0.1, 0.15) is 11.4 Å². The minimum Gasteiger partial charge on any atom is -0.356 e. The van der Waals surface area contributed by atoms with Gasteiger partial charge in [0.05, 0.1) is 18.4 Å². The van der Waals surface area contributed by atoms with Gasteiger partial charge in [-0.3, -0.25) is 4.99 Å². The van der Waals surface area contributed by atoms with Crippen molar-refractivity contribution in [2.75, 3.05) is 13.6 Å². The predicted molar refractivity (Wildman–Crippen MR) is 102 cm³/mol. The summed E-state index contributed by atoms with van der Waals surface area (Å²) < 4.78 is 12.9. The van der Waals surface area contributed by atoms with Crippen molar-refractivity contribution in [3.05, 3.63) is 78.0 Å². The first-order valence-electron chi connectivity index (χ1n) is 8.53. The molecular weight excluding hydrogens is 329 g/mol. The average Bonchev–Trinajstić information content (AvgIpc) is 3.16. The molecule has 0 radical (unpaired) electrons. The number of aliphatic imine (C=N–C) groups is 1. The number of nitrogens with zero attached hydrogens (tertiary/aromatic N) is 2. The Bertz CT molecular complexity index is 840. The van der Waals surface area contributed by atoms with Crippen LogP contribution in [0, 0.1) is 5.82 Å². The van der Waals surface area contributed by atoms with E-state index in [9.17, 15) is 4.39 Å². The van der Waals surface area contributed by atoms with Crippen molar-refractivity contribution in [2.45, 2.75) is 13.0 Å². The number of hydrogen-bond acceptors (Lipinski definition) is 2. The van der Waals surface area contributed by atoms with Gasteiger partial charge in [0.25, 0.3) is 0 Å². The first-order valence-corrected chi connectivity index (χ1v) is 8.53. The molecule has 3 aromatic rings. The number of imidazole rings is 1. The number of nitrogens with one attached hydrogen (secondary N) is 3. The smallest absolute Gasteiger partial charge is 0.191 e. The SMILES string of the molecule is CN=C(NCCc1ccc(F)cc1)NCc1ncc(-c2ccccc2)[nH]1. The van der Waals surface area contributed by atoms with Crippen molar-refractivity contribution < 1.29 is 4.39 Å². The third-order valence-corrected chi connectivity index (χ3v) is 3.98. The van der Waals surface area contributed by atoms with Gasteiger partial charge in [-0.2, -0.15) is 0 Å². The molecule has 0 saturated carbocycles. The molecular formula is C20H22FN5. The third kappa shape index (κ3) is 4.92. The van der Waals surface area contributed by atoms with Crippen LogP contribution in [0.3, 0.4) is 0 Å². The van der Waals surface area contributed by atoms with Gasteiger partial charge in [-0.15, -0.1) is 0 Å². The van der Waals surface area contributed by atoms with E-state index in [-0.39, 0.29) is 5.82 Å². The Labute approximate surface area is 152 Å². The minimum absolute atomic E-state index is 0.215. The number of aromatic nitrogens is 2. The van der Waals surface area contributed by atoms with Crippen LogP contribution < -0.4 is 10.6 Å². The molecule has 0 aliphatic heterocycles. The van der Waals surface area contributed by atoms with Gasteiger partial charge in [-0.05, 0) is 29.7 Å². The highest BCUT2D eigenvalue weighted by atomic mass is 19.1. The quantitative estimate of drug-likeness (QED) is 0.472. The minimum atomic E-state index is -0.215. The lowest BCUT2D eigenvalue weighted by atomic mass is 10.1. The summed E-state index contributed by atoms with van der Waals surface area (Å²) in [6, 6.07) is 16.6. The summed E-state index contributed by atoms with van der Waals surface area (Å²) in [7, 11) is 1.73. The zero-order chi connectivity index (χ0) is 18.2. The van der Waals surface area contributed by atoms with Crippen molar-refractivity contribution >= 4 is 5.96 Å². The number of guanidine groups is 1. The second-order valence-corrected chi connectivity index (χ2v) is 5.84. The van der Waals surface area contributed by atoms with E-state index in [2.05, 4.69) is 25.6 Å². The first-order chi connectivity index (χ1) is 12.7. The normalized spacial score (nSPS) is 11.4. The first kappa shape index (κ1) is 17.7. The second-order valence-electron chi connectivity index (χ2n) is 5.84. The number of rotatable bonds is 6.